The van der Waals surface area contributed by atoms with Crippen molar-refractivity contribution in [2.75, 3.05) is 26.2 Å². The lowest BCUT2D eigenvalue weighted by Gasteiger charge is -2.33. The monoisotopic (exact) mass is 308 g/mol. The Hall–Kier alpha value is -0.250. The van der Waals surface area contributed by atoms with E-state index in [0.29, 0.717) is 0 Å². The zero-order chi connectivity index (χ0) is 11.4. The summed E-state index contributed by atoms with van der Waals surface area (Å²) in [6.45, 7) is 8.15. The van der Waals surface area contributed by atoms with Crippen molar-refractivity contribution in [3.63, 3.8) is 0 Å². The summed E-state index contributed by atoms with van der Waals surface area (Å²) in [6, 6.07) is 8.32. The number of hydrogen-bond donors (Lipinski definition) is 1. The average molecular weight is 310 g/mol. The first kappa shape index (κ1) is 17.8. The maximum Gasteiger partial charge on any atom is 0.0530 e. The zero-order valence-corrected chi connectivity index (χ0v) is 12.5. The van der Waals surface area contributed by atoms with E-state index in [2.05, 4.69) is 22.9 Å². The van der Waals surface area contributed by atoms with Gasteiger partial charge < -0.3 is 5.32 Å². The second kappa shape index (κ2) is 8.78. The van der Waals surface area contributed by atoms with Crippen LogP contribution in [-0.2, 0) is 0 Å². The van der Waals surface area contributed by atoms with Gasteiger partial charge in [-0.15, -0.1) is 31.4 Å². The first-order valence-electron chi connectivity index (χ1n) is 5.64. The third-order valence-corrected chi connectivity index (χ3v) is 3.19. The van der Waals surface area contributed by atoms with Crippen molar-refractivity contribution in [2.45, 2.75) is 6.04 Å². The van der Waals surface area contributed by atoms with Crippen LogP contribution >= 0.6 is 36.4 Å². The largest absolute Gasteiger partial charge is 0.314 e. The van der Waals surface area contributed by atoms with Gasteiger partial charge in [0, 0.05) is 31.2 Å². The van der Waals surface area contributed by atoms with E-state index >= 15 is 0 Å². The minimum absolute atomic E-state index is 0. The van der Waals surface area contributed by atoms with Gasteiger partial charge in [-0.1, -0.05) is 29.8 Å². The number of hydrogen-bond acceptors (Lipinski definition) is 2. The summed E-state index contributed by atoms with van der Waals surface area (Å²) < 4.78 is 0. The fourth-order valence-electron chi connectivity index (χ4n) is 2.15. The van der Waals surface area contributed by atoms with E-state index in [0.717, 1.165) is 31.2 Å². The van der Waals surface area contributed by atoms with Crippen molar-refractivity contribution in [1.29, 1.82) is 0 Å². The molecule has 0 aromatic heterocycles. The van der Waals surface area contributed by atoms with Crippen LogP contribution in [-0.4, -0.2) is 31.1 Å². The Morgan fingerprint density at radius 2 is 1.94 bits per heavy atom. The van der Waals surface area contributed by atoms with E-state index in [-0.39, 0.29) is 30.9 Å². The van der Waals surface area contributed by atoms with Gasteiger partial charge in [0.25, 0.3) is 0 Å². The molecule has 0 bridgehead atoms. The molecule has 0 unspecified atom stereocenters. The number of nitrogens with zero attached hydrogens (tertiary/aromatic N) is 1. The fraction of sp³-hybridized carbons (Fsp3) is 0.385. The summed E-state index contributed by atoms with van der Waals surface area (Å²) in [5.74, 6) is 0. The van der Waals surface area contributed by atoms with Crippen LogP contribution in [0.5, 0.6) is 0 Å². The molecule has 1 aromatic rings. The van der Waals surface area contributed by atoms with E-state index in [1.807, 2.05) is 24.3 Å². The van der Waals surface area contributed by atoms with Gasteiger partial charge in [-0.05, 0) is 17.7 Å². The molecular formula is C13H19Cl3N2. The van der Waals surface area contributed by atoms with Crippen molar-refractivity contribution in [3.8, 4) is 0 Å². The highest BCUT2D eigenvalue weighted by Gasteiger charge is 2.19. The van der Waals surface area contributed by atoms with Crippen LogP contribution in [0.2, 0.25) is 5.02 Å². The number of halogens is 3. The quantitative estimate of drug-likeness (QED) is 0.862. The van der Waals surface area contributed by atoms with Crippen molar-refractivity contribution in [2.24, 2.45) is 0 Å². The second-order valence-electron chi connectivity index (χ2n) is 4.02. The summed E-state index contributed by atoms with van der Waals surface area (Å²) in [6.07, 6.45) is 2.00. The molecule has 2 nitrogen and oxygen atoms in total. The molecule has 102 valence electrons. The molecule has 0 saturated carbocycles. The molecular weight excluding hydrogens is 291 g/mol. The molecule has 1 fully saturated rings. The lowest BCUT2D eigenvalue weighted by Crippen LogP contribution is -2.44. The van der Waals surface area contributed by atoms with Crippen LogP contribution in [0.4, 0.5) is 0 Å². The third kappa shape index (κ3) is 4.45. The minimum atomic E-state index is 0. The first-order chi connectivity index (χ1) is 7.81. The first-order valence-corrected chi connectivity index (χ1v) is 6.02. The standard InChI is InChI=1S/C13H17ClN2.2ClH/c1-2-13(16-8-6-15-7-9-16)11-4-3-5-12(14)10-11;;/h2-5,10,13,15H,1,6-9H2;2*1H/t13-;;/m0../s1. The molecule has 18 heavy (non-hydrogen) atoms. The molecule has 1 saturated heterocycles. The Morgan fingerprint density at radius 1 is 1.28 bits per heavy atom. The molecule has 5 heteroatoms. The van der Waals surface area contributed by atoms with Crippen LogP contribution in [0.1, 0.15) is 11.6 Å². The molecule has 1 heterocycles. The van der Waals surface area contributed by atoms with Crippen molar-refractivity contribution >= 4 is 36.4 Å². The molecule has 0 amide bonds. The number of nitrogens with one attached hydrogen (secondary N) is 1. The Morgan fingerprint density at radius 3 is 2.50 bits per heavy atom. The lowest BCUT2D eigenvalue weighted by atomic mass is 10.0. The molecule has 1 atom stereocenters. The van der Waals surface area contributed by atoms with Crippen LogP contribution in [0.3, 0.4) is 0 Å². The number of rotatable bonds is 3. The summed E-state index contributed by atoms with van der Waals surface area (Å²) >= 11 is 6.02. The van der Waals surface area contributed by atoms with Crippen LogP contribution < -0.4 is 5.32 Å². The minimum Gasteiger partial charge on any atom is -0.314 e. The van der Waals surface area contributed by atoms with Gasteiger partial charge in [-0.3, -0.25) is 4.90 Å². The average Bonchev–Trinajstić information content (AvgIpc) is 2.31. The molecule has 1 aromatic carbocycles. The van der Waals surface area contributed by atoms with E-state index in [4.69, 9.17) is 11.6 Å². The summed E-state index contributed by atoms with van der Waals surface area (Å²) in [4.78, 5) is 2.43. The van der Waals surface area contributed by atoms with Crippen molar-refractivity contribution in [1.82, 2.24) is 10.2 Å². The molecule has 1 aliphatic rings. The Balaban J connectivity index is 0.00000144. The molecule has 0 aliphatic carbocycles. The molecule has 1 aliphatic heterocycles. The summed E-state index contributed by atoms with van der Waals surface area (Å²) in [5, 5.41) is 4.15. The van der Waals surface area contributed by atoms with Gasteiger partial charge in [0.05, 0.1) is 6.04 Å². The van der Waals surface area contributed by atoms with E-state index < -0.39 is 0 Å². The van der Waals surface area contributed by atoms with Crippen LogP contribution in [0.15, 0.2) is 36.9 Å². The maximum absolute atomic E-state index is 6.02. The molecule has 1 N–H and O–H groups in total. The summed E-state index contributed by atoms with van der Waals surface area (Å²) in [5.41, 5.74) is 1.23. The van der Waals surface area contributed by atoms with Crippen LogP contribution in [0, 0.1) is 0 Å². The topological polar surface area (TPSA) is 15.3 Å². The molecule has 0 radical (unpaired) electrons. The van der Waals surface area contributed by atoms with Gasteiger partial charge >= 0.3 is 0 Å². The maximum atomic E-state index is 6.02. The smallest absolute Gasteiger partial charge is 0.0530 e. The van der Waals surface area contributed by atoms with Gasteiger partial charge in [-0.2, -0.15) is 0 Å². The van der Waals surface area contributed by atoms with Gasteiger partial charge in [0.15, 0.2) is 0 Å². The number of benzene rings is 1. The highest BCUT2D eigenvalue weighted by Crippen LogP contribution is 2.24. The second-order valence-corrected chi connectivity index (χ2v) is 4.46. The predicted molar refractivity (Wildman–Crippen MR) is 83.3 cm³/mol. The number of piperazine rings is 1. The summed E-state index contributed by atoms with van der Waals surface area (Å²) in [7, 11) is 0. The van der Waals surface area contributed by atoms with Gasteiger partial charge in [0.2, 0.25) is 0 Å². The lowest BCUT2D eigenvalue weighted by molar-refractivity contribution is 0.203. The zero-order valence-electron chi connectivity index (χ0n) is 10.1. The highest BCUT2D eigenvalue weighted by molar-refractivity contribution is 6.30. The highest BCUT2D eigenvalue weighted by atomic mass is 35.5. The Bertz CT molecular complexity index is 365. The molecule has 2 rings (SSSR count). The normalized spacial score (nSPS) is 17.2. The molecule has 0 spiro atoms. The van der Waals surface area contributed by atoms with E-state index in [1.54, 1.807) is 0 Å². The van der Waals surface area contributed by atoms with Gasteiger partial charge in [-0.25, -0.2) is 0 Å². The van der Waals surface area contributed by atoms with E-state index in [9.17, 15) is 0 Å². The fourth-order valence-corrected chi connectivity index (χ4v) is 2.35. The van der Waals surface area contributed by atoms with Crippen LogP contribution in [0.25, 0.3) is 0 Å². The Labute approximate surface area is 126 Å². The SMILES string of the molecule is C=C[C@@H](c1cccc(Cl)c1)N1CCNCC1.Cl.Cl. The van der Waals surface area contributed by atoms with E-state index in [1.165, 1.54) is 5.56 Å². The van der Waals surface area contributed by atoms with Crippen molar-refractivity contribution < 1.29 is 0 Å². The third-order valence-electron chi connectivity index (χ3n) is 2.96. The predicted octanol–water partition coefficient (Wildman–Crippen LogP) is 3.32. The van der Waals surface area contributed by atoms with Gasteiger partial charge in [0.1, 0.15) is 0 Å². The van der Waals surface area contributed by atoms with Crippen molar-refractivity contribution in [3.05, 3.63) is 47.5 Å². The Kier molecular flexibility index (Phi) is 8.66.